The van der Waals surface area contributed by atoms with E-state index in [0.717, 1.165) is 13.0 Å². The minimum absolute atomic E-state index is 0.160. The van der Waals surface area contributed by atoms with Crippen molar-refractivity contribution in [2.45, 2.75) is 12.5 Å². The molecule has 3 heteroatoms. The number of carbonyl (C=O) groups excluding carboxylic acids is 2. The molecule has 0 aromatic heterocycles. The van der Waals surface area contributed by atoms with Crippen molar-refractivity contribution in [1.29, 1.82) is 0 Å². The van der Waals surface area contributed by atoms with Gasteiger partial charge in [-0.2, -0.15) is 0 Å². The zero-order chi connectivity index (χ0) is 5.98. The van der Waals surface area contributed by atoms with E-state index in [0.29, 0.717) is 6.29 Å². The second-order valence-corrected chi connectivity index (χ2v) is 1.82. The zero-order valence-corrected chi connectivity index (χ0v) is 4.39. The summed E-state index contributed by atoms with van der Waals surface area (Å²) < 4.78 is 0. The van der Waals surface area contributed by atoms with Gasteiger partial charge in [-0.1, -0.05) is 0 Å². The minimum Gasteiger partial charge on any atom is -0.307 e. The number of hydrogen-bond donors (Lipinski definition) is 1. The third-order valence-electron chi connectivity index (χ3n) is 1.28. The molecular weight excluding hydrogens is 106 g/mol. The molecule has 1 unspecified atom stereocenters. The molecule has 0 amide bonds. The van der Waals surface area contributed by atoms with E-state index in [9.17, 15) is 9.59 Å². The Morgan fingerprint density at radius 1 is 1.75 bits per heavy atom. The fourth-order valence-corrected chi connectivity index (χ4v) is 0.614. The van der Waals surface area contributed by atoms with Crippen LogP contribution in [-0.4, -0.2) is 24.7 Å². The van der Waals surface area contributed by atoms with Gasteiger partial charge in [-0.15, -0.1) is 0 Å². The third kappa shape index (κ3) is 0.767. The average Bonchev–Trinajstić information content (AvgIpc) is 1.62. The standard InChI is InChI=1S/C5H7NO2/c7-3-5(8)4-1-2-6-4/h3-4,6H,1-2H2. The molecule has 1 atom stereocenters. The van der Waals surface area contributed by atoms with Gasteiger partial charge in [-0.05, 0) is 13.0 Å². The Labute approximate surface area is 47.1 Å². The Morgan fingerprint density at radius 2 is 2.38 bits per heavy atom. The molecule has 0 bridgehead atoms. The molecule has 1 heterocycles. The number of hydrogen-bond acceptors (Lipinski definition) is 3. The summed E-state index contributed by atoms with van der Waals surface area (Å²) in [6, 6.07) is -0.160. The molecule has 1 aliphatic rings. The predicted octanol–water partition coefficient (Wildman–Crippen LogP) is -0.884. The summed E-state index contributed by atoms with van der Waals surface area (Å²) in [7, 11) is 0. The van der Waals surface area contributed by atoms with Gasteiger partial charge >= 0.3 is 0 Å². The van der Waals surface area contributed by atoms with Gasteiger partial charge in [-0.3, -0.25) is 9.59 Å². The van der Waals surface area contributed by atoms with E-state index >= 15 is 0 Å². The van der Waals surface area contributed by atoms with Crippen LogP contribution in [0.15, 0.2) is 0 Å². The maximum atomic E-state index is 10.4. The molecular formula is C5H7NO2. The van der Waals surface area contributed by atoms with E-state index in [-0.39, 0.29) is 11.8 Å². The lowest BCUT2D eigenvalue weighted by Gasteiger charge is -2.23. The highest BCUT2D eigenvalue weighted by Gasteiger charge is 2.22. The summed E-state index contributed by atoms with van der Waals surface area (Å²) in [5.41, 5.74) is 0. The number of aldehydes is 1. The largest absolute Gasteiger partial charge is 0.307 e. The van der Waals surface area contributed by atoms with Crippen LogP contribution < -0.4 is 5.32 Å². The fourth-order valence-electron chi connectivity index (χ4n) is 0.614. The quantitative estimate of drug-likeness (QED) is 0.373. The first-order valence-electron chi connectivity index (χ1n) is 2.57. The Balaban J connectivity index is 2.34. The van der Waals surface area contributed by atoms with Crippen LogP contribution in [0, 0.1) is 0 Å². The lowest BCUT2D eigenvalue weighted by atomic mass is 10.0. The first kappa shape index (κ1) is 5.44. The lowest BCUT2D eigenvalue weighted by Crippen LogP contribution is -2.48. The van der Waals surface area contributed by atoms with Crippen LogP contribution in [0.4, 0.5) is 0 Å². The molecule has 44 valence electrons. The monoisotopic (exact) mass is 113 g/mol. The predicted molar refractivity (Wildman–Crippen MR) is 27.5 cm³/mol. The van der Waals surface area contributed by atoms with Gasteiger partial charge < -0.3 is 5.32 Å². The molecule has 1 saturated heterocycles. The van der Waals surface area contributed by atoms with Crippen LogP contribution in [-0.2, 0) is 9.59 Å². The summed E-state index contributed by atoms with van der Waals surface area (Å²) in [5.74, 6) is -0.323. The van der Waals surface area contributed by atoms with E-state index in [4.69, 9.17) is 0 Å². The van der Waals surface area contributed by atoms with Gasteiger partial charge in [0, 0.05) is 0 Å². The van der Waals surface area contributed by atoms with Gasteiger partial charge in [0.25, 0.3) is 0 Å². The second kappa shape index (κ2) is 2.05. The molecule has 1 rings (SSSR count). The number of Topliss-reactive ketones (excluding diaryl/α,β-unsaturated/α-hetero) is 1. The van der Waals surface area contributed by atoms with Gasteiger partial charge in [0.1, 0.15) is 0 Å². The van der Waals surface area contributed by atoms with Crippen LogP contribution in [0.1, 0.15) is 6.42 Å². The second-order valence-electron chi connectivity index (χ2n) is 1.82. The first-order chi connectivity index (χ1) is 3.84. The molecule has 8 heavy (non-hydrogen) atoms. The van der Waals surface area contributed by atoms with Crippen molar-refractivity contribution in [1.82, 2.24) is 5.32 Å². The molecule has 0 saturated carbocycles. The highest BCUT2D eigenvalue weighted by Crippen LogP contribution is 2.00. The van der Waals surface area contributed by atoms with Gasteiger partial charge in [0.15, 0.2) is 6.29 Å². The van der Waals surface area contributed by atoms with Crippen molar-refractivity contribution >= 4 is 12.1 Å². The Hall–Kier alpha value is -0.700. The van der Waals surface area contributed by atoms with Gasteiger partial charge in [0.2, 0.25) is 5.78 Å². The first-order valence-corrected chi connectivity index (χ1v) is 2.57. The summed E-state index contributed by atoms with van der Waals surface area (Å²) in [6.45, 7) is 0.865. The Bertz CT molecular complexity index is 118. The summed E-state index contributed by atoms with van der Waals surface area (Å²) >= 11 is 0. The van der Waals surface area contributed by atoms with Gasteiger partial charge in [-0.25, -0.2) is 0 Å². The van der Waals surface area contributed by atoms with E-state index in [1.807, 2.05) is 0 Å². The molecule has 3 nitrogen and oxygen atoms in total. The summed E-state index contributed by atoms with van der Waals surface area (Å²) in [6.07, 6.45) is 1.19. The number of rotatable bonds is 2. The van der Waals surface area contributed by atoms with Crippen molar-refractivity contribution in [2.24, 2.45) is 0 Å². The number of nitrogens with one attached hydrogen (secondary N) is 1. The van der Waals surface area contributed by atoms with Crippen LogP contribution in [0.25, 0.3) is 0 Å². The van der Waals surface area contributed by atoms with E-state index < -0.39 is 0 Å². The van der Waals surface area contributed by atoms with Crippen molar-refractivity contribution < 1.29 is 9.59 Å². The smallest absolute Gasteiger partial charge is 0.212 e. The number of ketones is 1. The molecule has 0 aliphatic carbocycles. The molecule has 0 radical (unpaired) electrons. The van der Waals surface area contributed by atoms with Crippen LogP contribution in [0.3, 0.4) is 0 Å². The van der Waals surface area contributed by atoms with Crippen molar-refractivity contribution in [3.8, 4) is 0 Å². The highest BCUT2D eigenvalue weighted by molar-refractivity contribution is 6.27. The van der Waals surface area contributed by atoms with Crippen molar-refractivity contribution in [3.63, 3.8) is 0 Å². The van der Waals surface area contributed by atoms with E-state index in [1.165, 1.54) is 0 Å². The summed E-state index contributed by atoms with van der Waals surface area (Å²) in [4.78, 5) is 20.1. The minimum atomic E-state index is -0.323. The molecule has 1 fully saturated rings. The van der Waals surface area contributed by atoms with E-state index in [2.05, 4.69) is 5.32 Å². The highest BCUT2D eigenvalue weighted by atomic mass is 16.2. The van der Waals surface area contributed by atoms with Crippen LogP contribution in [0.2, 0.25) is 0 Å². The normalized spacial score (nSPS) is 26.2. The zero-order valence-electron chi connectivity index (χ0n) is 4.39. The molecule has 0 aromatic rings. The third-order valence-corrected chi connectivity index (χ3v) is 1.28. The molecule has 0 aromatic carbocycles. The maximum absolute atomic E-state index is 10.4. The number of carbonyl (C=O) groups is 2. The SMILES string of the molecule is O=CC(=O)C1CCN1. The lowest BCUT2D eigenvalue weighted by molar-refractivity contribution is -0.132. The fraction of sp³-hybridized carbons (Fsp3) is 0.600. The topological polar surface area (TPSA) is 46.2 Å². The summed E-state index contributed by atoms with van der Waals surface area (Å²) in [5, 5.41) is 2.82. The molecule has 1 N–H and O–H groups in total. The van der Waals surface area contributed by atoms with E-state index in [1.54, 1.807) is 0 Å². The molecule has 1 aliphatic heterocycles. The van der Waals surface area contributed by atoms with Crippen molar-refractivity contribution in [3.05, 3.63) is 0 Å². The van der Waals surface area contributed by atoms with Crippen LogP contribution >= 0.6 is 0 Å². The van der Waals surface area contributed by atoms with Crippen LogP contribution in [0.5, 0.6) is 0 Å². The Kier molecular flexibility index (Phi) is 1.39. The molecule has 0 spiro atoms. The van der Waals surface area contributed by atoms with Crippen molar-refractivity contribution in [2.75, 3.05) is 6.54 Å². The Morgan fingerprint density at radius 3 is 2.50 bits per heavy atom. The maximum Gasteiger partial charge on any atom is 0.212 e. The average molecular weight is 113 g/mol. The van der Waals surface area contributed by atoms with Gasteiger partial charge in [0.05, 0.1) is 6.04 Å².